The quantitative estimate of drug-likeness (QED) is 0.424. The zero-order valence-electron chi connectivity index (χ0n) is 14.5. The molecule has 1 aliphatic heterocycles. The molecule has 0 radical (unpaired) electrons. The Morgan fingerprint density at radius 2 is 1.91 bits per heavy atom. The van der Waals surface area contributed by atoms with E-state index in [1.54, 1.807) is 0 Å². The molecule has 0 saturated heterocycles. The molecule has 0 bridgehead atoms. The predicted molar refractivity (Wildman–Crippen MR) is 93.1 cm³/mol. The Kier molecular flexibility index (Phi) is 6.10. The largest absolute Gasteiger partial charge is 0.454 e. The first kappa shape index (κ1) is 17.4. The highest BCUT2D eigenvalue weighted by atomic mass is 16.7. The lowest BCUT2D eigenvalue weighted by atomic mass is 10.1. The summed E-state index contributed by atoms with van der Waals surface area (Å²) >= 11 is 0. The van der Waals surface area contributed by atoms with Gasteiger partial charge in [-0.1, -0.05) is 6.07 Å². The third-order valence-electron chi connectivity index (χ3n) is 3.27. The van der Waals surface area contributed by atoms with Gasteiger partial charge in [0.15, 0.2) is 17.5 Å². The molecular weight excluding hydrogens is 292 g/mol. The number of benzene rings is 1. The molecule has 1 aromatic rings. The van der Waals surface area contributed by atoms with E-state index in [1.165, 1.54) is 0 Å². The molecular formula is C17H28N4O2. The minimum absolute atomic E-state index is 0.129. The Morgan fingerprint density at radius 1 is 1.13 bits per heavy atom. The summed E-state index contributed by atoms with van der Waals surface area (Å²) in [6.07, 6.45) is 0. The van der Waals surface area contributed by atoms with Crippen molar-refractivity contribution in [3.8, 4) is 11.5 Å². The van der Waals surface area contributed by atoms with Gasteiger partial charge in [-0.25, -0.2) is 4.99 Å². The smallest absolute Gasteiger partial charge is 0.231 e. The van der Waals surface area contributed by atoms with Gasteiger partial charge in [0.25, 0.3) is 0 Å². The molecule has 23 heavy (non-hydrogen) atoms. The van der Waals surface area contributed by atoms with E-state index in [2.05, 4.69) is 48.6 Å². The standard InChI is InChI=1S/C17H28N4O2/c1-5-18-16(19-8-9-21-17(2,3)4)20-11-13-6-7-14-15(10-13)23-12-22-14/h6-7,10,21H,5,8-9,11-12H2,1-4H3,(H2,18,19,20). The average Bonchev–Trinajstić information content (AvgIpc) is 2.95. The minimum atomic E-state index is 0.129. The van der Waals surface area contributed by atoms with Crippen LogP contribution in [0.1, 0.15) is 33.3 Å². The molecule has 1 heterocycles. The van der Waals surface area contributed by atoms with Crippen molar-refractivity contribution in [3.63, 3.8) is 0 Å². The Bertz CT molecular complexity index is 538. The van der Waals surface area contributed by atoms with E-state index >= 15 is 0 Å². The Balaban J connectivity index is 1.85. The van der Waals surface area contributed by atoms with Gasteiger partial charge in [-0.05, 0) is 45.4 Å². The first-order valence-electron chi connectivity index (χ1n) is 8.13. The maximum atomic E-state index is 5.39. The van der Waals surface area contributed by atoms with E-state index in [0.29, 0.717) is 13.3 Å². The number of nitrogens with zero attached hydrogens (tertiary/aromatic N) is 1. The normalized spacial score (nSPS) is 14.0. The second-order valence-corrected chi connectivity index (χ2v) is 6.49. The minimum Gasteiger partial charge on any atom is -0.454 e. The molecule has 0 amide bonds. The maximum Gasteiger partial charge on any atom is 0.231 e. The van der Waals surface area contributed by atoms with E-state index in [4.69, 9.17) is 9.47 Å². The van der Waals surface area contributed by atoms with E-state index in [-0.39, 0.29) is 5.54 Å². The summed E-state index contributed by atoms with van der Waals surface area (Å²) in [6.45, 7) is 12.0. The van der Waals surface area contributed by atoms with Crippen LogP contribution in [0, 0.1) is 0 Å². The maximum absolute atomic E-state index is 5.39. The van der Waals surface area contributed by atoms with Crippen LogP contribution < -0.4 is 25.4 Å². The molecule has 2 rings (SSSR count). The molecule has 6 nitrogen and oxygen atoms in total. The lowest BCUT2D eigenvalue weighted by Gasteiger charge is -2.21. The average molecular weight is 320 g/mol. The fraction of sp³-hybridized carbons (Fsp3) is 0.588. The topological polar surface area (TPSA) is 66.9 Å². The molecule has 128 valence electrons. The number of nitrogens with one attached hydrogen (secondary N) is 3. The van der Waals surface area contributed by atoms with Gasteiger partial charge in [0.1, 0.15) is 0 Å². The number of hydrogen-bond donors (Lipinski definition) is 3. The van der Waals surface area contributed by atoms with Crippen LogP contribution in [0.5, 0.6) is 11.5 Å². The summed E-state index contributed by atoms with van der Waals surface area (Å²) in [6, 6.07) is 5.93. The van der Waals surface area contributed by atoms with Gasteiger partial charge in [-0.2, -0.15) is 0 Å². The van der Waals surface area contributed by atoms with E-state index in [1.807, 2.05) is 18.2 Å². The number of rotatable bonds is 6. The zero-order valence-corrected chi connectivity index (χ0v) is 14.5. The monoisotopic (exact) mass is 320 g/mol. The number of ether oxygens (including phenoxy) is 2. The molecule has 3 N–H and O–H groups in total. The van der Waals surface area contributed by atoms with Crippen molar-refractivity contribution in [2.75, 3.05) is 26.4 Å². The molecule has 0 unspecified atom stereocenters. The molecule has 0 aromatic heterocycles. The molecule has 0 atom stereocenters. The predicted octanol–water partition coefficient (Wildman–Crippen LogP) is 1.86. The Morgan fingerprint density at radius 3 is 2.65 bits per heavy atom. The van der Waals surface area contributed by atoms with Crippen LogP contribution >= 0.6 is 0 Å². The fourth-order valence-corrected chi connectivity index (χ4v) is 2.17. The van der Waals surface area contributed by atoms with Crippen LogP contribution in [-0.4, -0.2) is 37.9 Å². The summed E-state index contributed by atoms with van der Waals surface area (Å²) in [4.78, 5) is 4.61. The molecule has 0 saturated carbocycles. The van der Waals surface area contributed by atoms with Crippen molar-refractivity contribution in [1.82, 2.24) is 16.0 Å². The number of guanidine groups is 1. The van der Waals surface area contributed by atoms with E-state index in [0.717, 1.165) is 42.7 Å². The fourth-order valence-electron chi connectivity index (χ4n) is 2.17. The highest BCUT2D eigenvalue weighted by molar-refractivity contribution is 5.79. The highest BCUT2D eigenvalue weighted by Gasteiger charge is 2.13. The van der Waals surface area contributed by atoms with Crippen LogP contribution in [0.2, 0.25) is 0 Å². The number of fused-ring (bicyclic) bond motifs is 1. The summed E-state index contributed by atoms with van der Waals surface area (Å²) < 4.78 is 10.7. The second kappa shape index (κ2) is 8.06. The van der Waals surface area contributed by atoms with Gasteiger partial charge in [-0.15, -0.1) is 0 Å². The van der Waals surface area contributed by atoms with Crippen LogP contribution in [0.4, 0.5) is 0 Å². The van der Waals surface area contributed by atoms with E-state index in [9.17, 15) is 0 Å². The van der Waals surface area contributed by atoms with E-state index < -0.39 is 0 Å². The van der Waals surface area contributed by atoms with Crippen LogP contribution in [0.25, 0.3) is 0 Å². The second-order valence-electron chi connectivity index (χ2n) is 6.49. The summed E-state index contributed by atoms with van der Waals surface area (Å²) in [5.74, 6) is 2.42. The van der Waals surface area contributed by atoms with Gasteiger partial charge >= 0.3 is 0 Å². The van der Waals surface area contributed by atoms with Crippen molar-refractivity contribution < 1.29 is 9.47 Å². The third kappa shape index (κ3) is 5.98. The lowest BCUT2D eigenvalue weighted by molar-refractivity contribution is 0.174. The summed E-state index contributed by atoms with van der Waals surface area (Å²) in [5.41, 5.74) is 1.23. The van der Waals surface area contributed by atoms with Crippen molar-refractivity contribution >= 4 is 5.96 Å². The Labute approximate surface area is 138 Å². The van der Waals surface area contributed by atoms with Crippen LogP contribution in [0.3, 0.4) is 0 Å². The van der Waals surface area contributed by atoms with Crippen molar-refractivity contribution in [2.45, 2.75) is 39.8 Å². The molecule has 6 heteroatoms. The Hall–Kier alpha value is -1.95. The SMILES string of the molecule is CCNC(=NCc1ccc2c(c1)OCO2)NCCNC(C)(C)C. The molecule has 0 fully saturated rings. The van der Waals surface area contributed by atoms with Crippen molar-refractivity contribution in [3.05, 3.63) is 23.8 Å². The van der Waals surface area contributed by atoms with Gasteiger partial charge in [0.05, 0.1) is 6.54 Å². The lowest BCUT2D eigenvalue weighted by Crippen LogP contribution is -2.44. The summed E-state index contributed by atoms with van der Waals surface area (Å²) in [5, 5.41) is 10.0. The molecule has 0 aliphatic carbocycles. The van der Waals surface area contributed by atoms with Crippen molar-refractivity contribution in [1.29, 1.82) is 0 Å². The van der Waals surface area contributed by atoms with Crippen molar-refractivity contribution in [2.24, 2.45) is 4.99 Å². The third-order valence-corrected chi connectivity index (χ3v) is 3.27. The van der Waals surface area contributed by atoms with Crippen LogP contribution in [-0.2, 0) is 6.54 Å². The van der Waals surface area contributed by atoms with Gasteiger partial charge in [-0.3, -0.25) is 0 Å². The van der Waals surface area contributed by atoms with Gasteiger partial charge in [0, 0.05) is 25.2 Å². The number of aliphatic imine (C=N–C) groups is 1. The number of hydrogen-bond acceptors (Lipinski definition) is 4. The van der Waals surface area contributed by atoms with Crippen LogP contribution in [0.15, 0.2) is 23.2 Å². The highest BCUT2D eigenvalue weighted by Crippen LogP contribution is 2.32. The van der Waals surface area contributed by atoms with Gasteiger partial charge < -0.3 is 25.4 Å². The first-order valence-corrected chi connectivity index (χ1v) is 8.13. The zero-order chi connectivity index (χ0) is 16.7. The summed E-state index contributed by atoms with van der Waals surface area (Å²) in [7, 11) is 0. The molecule has 0 spiro atoms. The molecule has 1 aromatic carbocycles. The van der Waals surface area contributed by atoms with Gasteiger partial charge in [0.2, 0.25) is 6.79 Å². The first-order chi connectivity index (χ1) is 11.0. The molecule has 1 aliphatic rings.